The number of benzene rings is 1. The Morgan fingerprint density at radius 2 is 1.82 bits per heavy atom. The van der Waals surface area contributed by atoms with Gasteiger partial charge < -0.3 is 10.2 Å². The zero-order valence-electron chi connectivity index (χ0n) is 19.6. The molecule has 1 aliphatic heterocycles. The Morgan fingerprint density at radius 1 is 1.12 bits per heavy atom. The number of carbonyl (C=O) groups excluding carboxylic acids is 2. The van der Waals surface area contributed by atoms with Gasteiger partial charge in [-0.05, 0) is 30.9 Å². The lowest BCUT2D eigenvalue weighted by Gasteiger charge is -2.34. The van der Waals surface area contributed by atoms with Crippen molar-refractivity contribution in [1.29, 1.82) is 0 Å². The molecule has 1 aromatic carbocycles. The van der Waals surface area contributed by atoms with Crippen LogP contribution in [-0.2, 0) is 16.0 Å². The summed E-state index contributed by atoms with van der Waals surface area (Å²) in [6.07, 6.45) is 6.15. The lowest BCUT2D eigenvalue weighted by molar-refractivity contribution is -0.130. The van der Waals surface area contributed by atoms with E-state index in [2.05, 4.69) is 25.4 Å². The number of aromatic amines is 1. The topological polar surface area (TPSA) is 94.2 Å². The number of hydrogen-bond acceptors (Lipinski definition) is 6. The van der Waals surface area contributed by atoms with Crippen LogP contribution in [0, 0.1) is 19.8 Å². The molecule has 0 atom stereocenters. The summed E-state index contributed by atoms with van der Waals surface area (Å²) in [4.78, 5) is 33.7. The Kier molecular flexibility index (Phi) is 8.03. The molecule has 1 saturated carbocycles. The summed E-state index contributed by atoms with van der Waals surface area (Å²) in [5, 5.41) is 11.0. The molecule has 8 nitrogen and oxygen atoms in total. The fourth-order valence-corrected chi connectivity index (χ4v) is 5.41. The number of anilines is 1. The molecule has 33 heavy (non-hydrogen) atoms. The number of aryl methyl sites for hydroxylation is 2. The first-order valence-electron chi connectivity index (χ1n) is 11.9. The van der Waals surface area contributed by atoms with Gasteiger partial charge in [0.2, 0.25) is 17.0 Å². The van der Waals surface area contributed by atoms with Crippen molar-refractivity contribution in [2.45, 2.75) is 51.1 Å². The van der Waals surface area contributed by atoms with Gasteiger partial charge in [0.25, 0.3) is 0 Å². The molecule has 4 rings (SSSR count). The molecule has 0 radical (unpaired) electrons. The molecule has 2 fully saturated rings. The maximum atomic E-state index is 12.6. The lowest BCUT2D eigenvalue weighted by atomic mass is 10.0. The molecule has 9 heteroatoms. The van der Waals surface area contributed by atoms with Crippen LogP contribution in [0.3, 0.4) is 0 Å². The van der Waals surface area contributed by atoms with E-state index in [1.807, 2.05) is 36.9 Å². The minimum atomic E-state index is -0.0132. The van der Waals surface area contributed by atoms with Gasteiger partial charge in [0.05, 0.1) is 12.3 Å². The summed E-state index contributed by atoms with van der Waals surface area (Å²) >= 11 is 1.39. The van der Waals surface area contributed by atoms with E-state index in [0.717, 1.165) is 35.0 Å². The Morgan fingerprint density at radius 3 is 2.52 bits per heavy atom. The number of amides is 2. The first-order valence-corrected chi connectivity index (χ1v) is 12.9. The summed E-state index contributed by atoms with van der Waals surface area (Å²) in [5.74, 6) is 2.08. The summed E-state index contributed by atoms with van der Waals surface area (Å²) in [6.45, 7) is 7.00. The maximum absolute atomic E-state index is 12.6. The van der Waals surface area contributed by atoms with E-state index >= 15 is 0 Å². The van der Waals surface area contributed by atoms with Crippen LogP contribution in [0.4, 0.5) is 5.69 Å². The minimum Gasteiger partial charge on any atom is -0.339 e. The molecule has 2 N–H and O–H groups in total. The first kappa shape index (κ1) is 23.8. The number of carbonyl (C=O) groups is 2. The van der Waals surface area contributed by atoms with Crippen molar-refractivity contribution < 1.29 is 9.59 Å². The van der Waals surface area contributed by atoms with Crippen LogP contribution in [0.15, 0.2) is 23.4 Å². The molecule has 2 aromatic rings. The first-order chi connectivity index (χ1) is 16.0. The number of thioether (sulfide) groups is 1. The molecule has 2 aliphatic rings. The average Bonchev–Trinajstić information content (AvgIpc) is 3.48. The molecular formula is C24H34N6O2S. The largest absolute Gasteiger partial charge is 0.339 e. The average molecular weight is 471 g/mol. The van der Waals surface area contributed by atoms with Gasteiger partial charge in [0.15, 0.2) is 0 Å². The van der Waals surface area contributed by atoms with E-state index in [9.17, 15) is 9.59 Å². The molecule has 0 bridgehead atoms. The highest BCUT2D eigenvalue weighted by Gasteiger charge is 2.23. The van der Waals surface area contributed by atoms with Gasteiger partial charge in [-0.15, -0.1) is 5.10 Å². The van der Waals surface area contributed by atoms with Crippen molar-refractivity contribution in [2.24, 2.45) is 5.92 Å². The molecular weight excluding hydrogens is 436 g/mol. The Balaban J connectivity index is 1.17. The van der Waals surface area contributed by atoms with Gasteiger partial charge in [0.1, 0.15) is 5.82 Å². The van der Waals surface area contributed by atoms with Gasteiger partial charge in [-0.25, -0.2) is 4.98 Å². The molecule has 1 saturated heterocycles. The van der Waals surface area contributed by atoms with E-state index in [4.69, 9.17) is 0 Å². The number of H-pyrrole nitrogens is 1. The zero-order valence-corrected chi connectivity index (χ0v) is 20.4. The predicted octanol–water partition coefficient (Wildman–Crippen LogP) is 3.03. The Bertz CT molecular complexity index is 943. The second-order valence-corrected chi connectivity index (χ2v) is 10.1. The quantitative estimate of drug-likeness (QED) is 0.576. The lowest BCUT2D eigenvalue weighted by Crippen LogP contribution is -2.50. The van der Waals surface area contributed by atoms with Crippen LogP contribution in [0.1, 0.15) is 42.6 Å². The van der Waals surface area contributed by atoms with E-state index in [-0.39, 0.29) is 11.8 Å². The third-order valence-electron chi connectivity index (χ3n) is 6.63. The second-order valence-electron chi connectivity index (χ2n) is 9.18. The number of hydrogen-bond donors (Lipinski definition) is 2. The fraction of sp³-hybridized carbons (Fsp3) is 0.583. The number of nitrogens with zero attached hydrogens (tertiary/aromatic N) is 4. The van der Waals surface area contributed by atoms with Gasteiger partial charge >= 0.3 is 0 Å². The van der Waals surface area contributed by atoms with Crippen molar-refractivity contribution in [1.82, 2.24) is 25.0 Å². The van der Waals surface area contributed by atoms with Crippen molar-refractivity contribution in [3.8, 4) is 0 Å². The molecule has 2 heterocycles. The van der Waals surface area contributed by atoms with E-state index in [0.29, 0.717) is 43.6 Å². The monoisotopic (exact) mass is 470 g/mol. The predicted molar refractivity (Wildman–Crippen MR) is 130 cm³/mol. The molecule has 0 unspecified atom stereocenters. The number of aromatic nitrogens is 3. The van der Waals surface area contributed by atoms with E-state index in [1.165, 1.54) is 37.4 Å². The molecule has 0 spiro atoms. The summed E-state index contributed by atoms with van der Waals surface area (Å²) in [5.41, 5.74) is 3.02. The number of nitrogens with one attached hydrogen (secondary N) is 2. The summed E-state index contributed by atoms with van der Waals surface area (Å²) in [6, 6.07) is 5.99. The Labute approximate surface area is 199 Å². The highest BCUT2D eigenvalue weighted by atomic mass is 32.2. The molecule has 2 amide bonds. The molecule has 178 valence electrons. The van der Waals surface area contributed by atoms with Crippen LogP contribution in [-0.4, -0.2) is 75.3 Å². The smallest absolute Gasteiger partial charge is 0.238 e. The van der Waals surface area contributed by atoms with Crippen molar-refractivity contribution in [3.05, 3.63) is 35.2 Å². The normalized spacial score (nSPS) is 17.5. The van der Waals surface area contributed by atoms with Gasteiger partial charge in [-0.1, -0.05) is 55.6 Å². The van der Waals surface area contributed by atoms with Crippen LogP contribution < -0.4 is 5.32 Å². The maximum Gasteiger partial charge on any atom is 0.238 e. The fourth-order valence-electron chi connectivity index (χ4n) is 4.69. The highest BCUT2D eigenvalue weighted by Crippen LogP contribution is 2.27. The van der Waals surface area contributed by atoms with Gasteiger partial charge in [-0.3, -0.25) is 19.6 Å². The van der Waals surface area contributed by atoms with Crippen LogP contribution in [0.2, 0.25) is 0 Å². The summed E-state index contributed by atoms with van der Waals surface area (Å²) < 4.78 is 0. The number of para-hydroxylation sites is 1. The zero-order chi connectivity index (χ0) is 23.2. The summed E-state index contributed by atoms with van der Waals surface area (Å²) in [7, 11) is 0. The SMILES string of the molecule is Cc1cccc(C)c1NC(=O)CN1CCN(C(=O)CSc2n[nH]c(CC3CCCC3)n2)CC1. The minimum absolute atomic E-state index is 0.0132. The number of piperazine rings is 1. The van der Waals surface area contributed by atoms with Crippen molar-refractivity contribution in [3.63, 3.8) is 0 Å². The standard InChI is InChI=1S/C24H34N6O2S/c1-17-6-5-7-18(2)23(17)26-21(31)15-29-10-12-30(13-11-29)22(32)16-33-24-25-20(27-28-24)14-19-8-3-4-9-19/h5-7,19H,3-4,8-16H2,1-2H3,(H,26,31)(H,25,27,28). The third kappa shape index (κ3) is 6.57. The van der Waals surface area contributed by atoms with Crippen LogP contribution in [0.25, 0.3) is 0 Å². The van der Waals surface area contributed by atoms with Crippen LogP contribution in [0.5, 0.6) is 0 Å². The van der Waals surface area contributed by atoms with E-state index in [1.54, 1.807) is 0 Å². The Hall–Kier alpha value is -2.39. The van der Waals surface area contributed by atoms with Gasteiger partial charge in [-0.2, -0.15) is 0 Å². The molecule has 1 aromatic heterocycles. The van der Waals surface area contributed by atoms with Crippen LogP contribution >= 0.6 is 11.8 Å². The second kappa shape index (κ2) is 11.2. The van der Waals surface area contributed by atoms with Gasteiger partial charge in [0, 0.05) is 38.3 Å². The number of rotatable bonds is 8. The van der Waals surface area contributed by atoms with Crippen molar-refractivity contribution in [2.75, 3.05) is 43.8 Å². The highest BCUT2D eigenvalue weighted by molar-refractivity contribution is 7.99. The van der Waals surface area contributed by atoms with E-state index < -0.39 is 0 Å². The molecule has 1 aliphatic carbocycles. The van der Waals surface area contributed by atoms with Crippen molar-refractivity contribution >= 4 is 29.3 Å². The third-order valence-corrected chi connectivity index (χ3v) is 7.46.